The Bertz CT molecular complexity index is 886. The van der Waals surface area contributed by atoms with Gasteiger partial charge in [0.2, 0.25) is 11.8 Å². The van der Waals surface area contributed by atoms with E-state index in [2.05, 4.69) is 9.88 Å². The van der Waals surface area contributed by atoms with Gasteiger partial charge in [-0.1, -0.05) is 30.3 Å². The lowest BCUT2D eigenvalue weighted by atomic mass is 10.00. The second-order valence-corrected chi connectivity index (χ2v) is 7.87. The number of hydrogen-bond donors (Lipinski definition) is 0. The van der Waals surface area contributed by atoms with Gasteiger partial charge >= 0.3 is 0 Å². The predicted octanol–water partition coefficient (Wildman–Crippen LogP) is 2.28. The predicted molar refractivity (Wildman–Crippen MR) is 99.9 cm³/mol. The van der Waals surface area contributed by atoms with Crippen molar-refractivity contribution in [1.29, 1.82) is 0 Å². The molecule has 5 rings (SSSR count). The molecule has 6 heteroatoms. The highest BCUT2D eigenvalue weighted by atomic mass is 16.2. The molecule has 2 unspecified atom stereocenters. The number of rotatable bonds is 4. The largest absolute Gasteiger partial charge is 0.355 e. The number of benzene rings is 1. The van der Waals surface area contributed by atoms with Crippen LogP contribution in [0.2, 0.25) is 0 Å². The van der Waals surface area contributed by atoms with Gasteiger partial charge < -0.3 is 4.90 Å². The first-order valence-electron chi connectivity index (χ1n) is 9.60. The number of anilines is 1. The molecule has 1 aromatic heterocycles. The molecular formula is C21H22N4O2. The average molecular weight is 362 g/mol. The van der Waals surface area contributed by atoms with Crippen molar-refractivity contribution in [3.05, 3.63) is 53.5 Å². The van der Waals surface area contributed by atoms with E-state index >= 15 is 0 Å². The molecule has 0 bridgehead atoms. The normalized spacial score (nSPS) is 24.6. The van der Waals surface area contributed by atoms with Crippen LogP contribution in [-0.4, -0.2) is 39.8 Å². The summed E-state index contributed by atoms with van der Waals surface area (Å²) in [6.07, 6.45) is 2.30. The van der Waals surface area contributed by atoms with Crippen molar-refractivity contribution in [1.82, 2.24) is 14.9 Å². The lowest BCUT2D eigenvalue weighted by molar-refractivity contribution is -0.140. The molecule has 6 nitrogen and oxygen atoms in total. The van der Waals surface area contributed by atoms with Crippen molar-refractivity contribution < 1.29 is 9.59 Å². The molecule has 3 heterocycles. The maximum Gasteiger partial charge on any atom is 0.235 e. The number of amides is 2. The van der Waals surface area contributed by atoms with Crippen molar-refractivity contribution in [3.8, 4) is 0 Å². The van der Waals surface area contributed by atoms with Gasteiger partial charge in [-0.2, -0.15) is 0 Å². The molecule has 138 valence electrons. The van der Waals surface area contributed by atoms with Crippen LogP contribution >= 0.6 is 0 Å². The summed E-state index contributed by atoms with van der Waals surface area (Å²) in [6, 6.07) is 11.6. The van der Waals surface area contributed by atoms with Gasteiger partial charge in [0.25, 0.3) is 0 Å². The number of fused-ring (bicyclic) bond motifs is 1. The molecule has 3 aliphatic rings. The van der Waals surface area contributed by atoms with Crippen molar-refractivity contribution in [2.45, 2.75) is 32.2 Å². The molecule has 2 aromatic rings. The van der Waals surface area contributed by atoms with E-state index in [0.717, 1.165) is 35.7 Å². The van der Waals surface area contributed by atoms with Crippen LogP contribution in [0.25, 0.3) is 0 Å². The van der Waals surface area contributed by atoms with E-state index in [9.17, 15) is 9.59 Å². The molecule has 2 amide bonds. The number of aromatic nitrogens is 2. The van der Waals surface area contributed by atoms with Crippen LogP contribution in [0.3, 0.4) is 0 Å². The Morgan fingerprint density at radius 3 is 2.30 bits per heavy atom. The minimum absolute atomic E-state index is 0.0513. The molecule has 0 radical (unpaired) electrons. The highest BCUT2D eigenvalue weighted by Gasteiger charge is 2.52. The van der Waals surface area contributed by atoms with Crippen LogP contribution in [0.5, 0.6) is 0 Å². The van der Waals surface area contributed by atoms with Crippen LogP contribution in [0.4, 0.5) is 5.82 Å². The van der Waals surface area contributed by atoms with Gasteiger partial charge in [-0.25, -0.2) is 9.97 Å². The molecule has 27 heavy (non-hydrogen) atoms. The third-order valence-electron chi connectivity index (χ3n) is 5.79. The van der Waals surface area contributed by atoms with E-state index < -0.39 is 0 Å². The van der Waals surface area contributed by atoms with Gasteiger partial charge in [0, 0.05) is 30.8 Å². The second-order valence-electron chi connectivity index (χ2n) is 7.87. The van der Waals surface area contributed by atoms with E-state index in [1.54, 1.807) is 0 Å². The molecule has 1 saturated carbocycles. The molecule has 0 N–H and O–H groups in total. The molecule has 1 aromatic carbocycles. The summed E-state index contributed by atoms with van der Waals surface area (Å²) < 4.78 is 0. The molecular weight excluding hydrogens is 340 g/mol. The third-order valence-corrected chi connectivity index (χ3v) is 5.79. The Hall–Kier alpha value is -2.76. The zero-order valence-electron chi connectivity index (χ0n) is 15.3. The van der Waals surface area contributed by atoms with Gasteiger partial charge in [0.05, 0.1) is 18.4 Å². The van der Waals surface area contributed by atoms with Crippen molar-refractivity contribution in [2.75, 3.05) is 18.0 Å². The second kappa shape index (κ2) is 6.15. The third kappa shape index (κ3) is 2.89. The van der Waals surface area contributed by atoms with Crippen molar-refractivity contribution in [2.24, 2.45) is 11.8 Å². The standard InChI is InChI=1S/C21H22N4O2/c1-13-9-18(23-19(22-13)15-7-8-15)24-11-16-17(12-24)21(27)25(20(16)26)10-14-5-3-2-4-6-14/h2-6,9,15-17H,7-8,10-12H2,1H3. The number of carbonyl (C=O) groups excluding carboxylic acids is 2. The minimum Gasteiger partial charge on any atom is -0.355 e. The van der Waals surface area contributed by atoms with Gasteiger partial charge in [0.1, 0.15) is 11.6 Å². The quantitative estimate of drug-likeness (QED) is 0.781. The molecule has 0 spiro atoms. The highest BCUT2D eigenvalue weighted by molar-refractivity contribution is 6.06. The number of carbonyl (C=O) groups is 2. The maximum atomic E-state index is 12.9. The lowest BCUT2D eigenvalue weighted by Crippen LogP contribution is -2.36. The topological polar surface area (TPSA) is 66.4 Å². The Labute approximate surface area is 158 Å². The molecule has 2 aliphatic heterocycles. The zero-order chi connectivity index (χ0) is 18.5. The summed E-state index contributed by atoms with van der Waals surface area (Å²) in [6.45, 7) is 3.46. The van der Waals surface area contributed by atoms with Crippen molar-refractivity contribution >= 4 is 17.6 Å². The SMILES string of the molecule is Cc1cc(N2CC3C(=O)N(Cc4ccccc4)C(=O)C3C2)nc(C2CC2)n1. The summed E-state index contributed by atoms with van der Waals surface area (Å²) in [7, 11) is 0. The first kappa shape index (κ1) is 16.4. The summed E-state index contributed by atoms with van der Waals surface area (Å²) >= 11 is 0. The van der Waals surface area contributed by atoms with Crippen LogP contribution in [0.15, 0.2) is 36.4 Å². The number of imide groups is 1. The zero-order valence-corrected chi connectivity index (χ0v) is 15.3. The van der Waals surface area contributed by atoms with Crippen LogP contribution in [0, 0.1) is 18.8 Å². The number of likely N-dealkylation sites (tertiary alicyclic amines) is 1. The summed E-state index contributed by atoms with van der Waals surface area (Å²) in [5, 5.41) is 0. The van der Waals surface area contributed by atoms with E-state index in [4.69, 9.17) is 4.98 Å². The fraction of sp³-hybridized carbons (Fsp3) is 0.429. The van der Waals surface area contributed by atoms with E-state index in [-0.39, 0.29) is 23.7 Å². The Kier molecular flexibility index (Phi) is 3.74. The fourth-order valence-electron chi connectivity index (χ4n) is 4.18. The Balaban J connectivity index is 1.35. The van der Waals surface area contributed by atoms with Crippen LogP contribution in [-0.2, 0) is 16.1 Å². The van der Waals surface area contributed by atoms with E-state index in [1.165, 1.54) is 4.90 Å². The van der Waals surface area contributed by atoms with Gasteiger partial charge in [-0.05, 0) is 25.3 Å². The summed E-state index contributed by atoms with van der Waals surface area (Å²) in [5.41, 5.74) is 1.93. The minimum atomic E-state index is -0.263. The molecule has 1 aliphatic carbocycles. The van der Waals surface area contributed by atoms with Gasteiger partial charge in [-0.3, -0.25) is 14.5 Å². The molecule has 2 atom stereocenters. The average Bonchev–Trinajstić information content (AvgIpc) is 3.39. The van der Waals surface area contributed by atoms with Crippen LogP contribution in [0.1, 0.15) is 35.8 Å². The highest BCUT2D eigenvalue weighted by Crippen LogP contribution is 2.40. The molecule has 3 fully saturated rings. The first-order valence-corrected chi connectivity index (χ1v) is 9.60. The van der Waals surface area contributed by atoms with Crippen molar-refractivity contribution in [3.63, 3.8) is 0 Å². The first-order chi connectivity index (χ1) is 13.1. The smallest absolute Gasteiger partial charge is 0.235 e. The van der Waals surface area contributed by atoms with Gasteiger partial charge in [0.15, 0.2) is 0 Å². The van der Waals surface area contributed by atoms with E-state index in [0.29, 0.717) is 25.6 Å². The Morgan fingerprint density at radius 2 is 1.67 bits per heavy atom. The monoisotopic (exact) mass is 362 g/mol. The summed E-state index contributed by atoms with van der Waals surface area (Å²) in [4.78, 5) is 38.5. The maximum absolute atomic E-state index is 12.9. The number of hydrogen-bond acceptors (Lipinski definition) is 5. The van der Waals surface area contributed by atoms with E-state index in [1.807, 2.05) is 43.3 Å². The number of aryl methyl sites for hydroxylation is 1. The fourth-order valence-corrected chi connectivity index (χ4v) is 4.18. The Morgan fingerprint density at radius 1 is 1.00 bits per heavy atom. The lowest BCUT2D eigenvalue weighted by Gasteiger charge is -2.22. The number of nitrogens with zero attached hydrogens (tertiary/aromatic N) is 4. The van der Waals surface area contributed by atoms with Crippen LogP contribution < -0.4 is 4.90 Å². The summed E-state index contributed by atoms with van der Waals surface area (Å²) in [5.74, 6) is 1.62. The van der Waals surface area contributed by atoms with Gasteiger partial charge in [-0.15, -0.1) is 0 Å². The molecule has 2 saturated heterocycles.